The van der Waals surface area contributed by atoms with Crippen molar-refractivity contribution >= 4 is 23.7 Å². The van der Waals surface area contributed by atoms with Gasteiger partial charge in [-0.1, -0.05) is 30.3 Å². The zero-order valence-electron chi connectivity index (χ0n) is 20.6. The summed E-state index contributed by atoms with van der Waals surface area (Å²) in [5, 5.41) is 13.8. The van der Waals surface area contributed by atoms with Gasteiger partial charge < -0.3 is 21.1 Å². The van der Waals surface area contributed by atoms with Gasteiger partial charge in [-0.15, -0.1) is 0 Å². The number of nitrogens with two attached hydrogens (primary N) is 1. The number of carbonyl (C=O) groups excluding carboxylic acids is 2. The molecule has 1 atom stereocenters. The van der Waals surface area contributed by atoms with Gasteiger partial charge in [0.25, 0.3) is 11.8 Å². The molecule has 1 unspecified atom stereocenters. The molecule has 36 heavy (non-hydrogen) atoms. The number of anilines is 1. The van der Waals surface area contributed by atoms with Crippen LogP contribution in [-0.2, 0) is 23.2 Å². The number of fused-ring (bicyclic) bond motifs is 3. The zero-order chi connectivity index (χ0) is 25.3. The Bertz CT molecular complexity index is 1230. The molecule has 2 aromatic carbocycles. The lowest BCUT2D eigenvalue weighted by Crippen LogP contribution is -2.49. The van der Waals surface area contributed by atoms with Crippen LogP contribution in [0.5, 0.6) is 0 Å². The monoisotopic (exact) mass is 487 g/mol. The smallest absolute Gasteiger partial charge is 0.258 e. The Balaban J connectivity index is 1.28. The third-order valence-corrected chi connectivity index (χ3v) is 7.53. The van der Waals surface area contributed by atoms with Crippen molar-refractivity contribution in [3.05, 3.63) is 76.5 Å². The minimum absolute atomic E-state index is 0.0489. The average molecular weight is 488 g/mol. The van der Waals surface area contributed by atoms with Crippen LogP contribution in [0.3, 0.4) is 0 Å². The molecule has 0 radical (unpaired) electrons. The van der Waals surface area contributed by atoms with Crippen molar-refractivity contribution in [2.24, 2.45) is 10.7 Å². The summed E-state index contributed by atoms with van der Waals surface area (Å²) in [7, 11) is 1.57. The topological polar surface area (TPSA) is 111 Å². The van der Waals surface area contributed by atoms with Crippen LogP contribution in [0.2, 0.25) is 0 Å². The molecule has 8 nitrogen and oxygen atoms in total. The lowest BCUT2D eigenvalue weighted by atomic mass is 9.86. The summed E-state index contributed by atoms with van der Waals surface area (Å²) in [6, 6.07) is 14.0. The Morgan fingerprint density at radius 1 is 1.22 bits per heavy atom. The third-order valence-electron chi connectivity index (χ3n) is 7.53. The number of amides is 2. The highest BCUT2D eigenvalue weighted by molar-refractivity contribution is 6.17. The second-order valence-electron chi connectivity index (χ2n) is 10.1. The molecule has 1 fully saturated rings. The molecule has 2 heterocycles. The predicted molar refractivity (Wildman–Crippen MR) is 140 cm³/mol. The third kappa shape index (κ3) is 4.79. The van der Waals surface area contributed by atoms with Crippen LogP contribution in [-0.4, -0.2) is 72.3 Å². The first-order chi connectivity index (χ1) is 17.4. The fraction of sp³-hybridized carbons (Fsp3) is 0.393. The predicted octanol–water partition coefficient (Wildman–Crippen LogP) is 2.07. The molecule has 4 N–H and O–H groups in total. The summed E-state index contributed by atoms with van der Waals surface area (Å²) in [5.41, 5.74) is 10.6. The minimum atomic E-state index is -0.634. The second-order valence-corrected chi connectivity index (χ2v) is 10.1. The Labute approximate surface area is 211 Å². The van der Waals surface area contributed by atoms with Crippen LogP contribution < -0.4 is 11.1 Å². The standard InChI is InChI=1S/C28H33N5O3/c1-30-14-21(13-29)26(35)31-22-6-7-25-24(12-22)27(36)33(18-28(25)9-10-28)17-23(34)16-32-11-8-19-4-2-3-5-20(19)15-32/h2-7,12-14,23,34H,8-11,15-18,29H2,1H3,(H,31,35). The first-order valence-electron chi connectivity index (χ1n) is 12.5. The lowest BCUT2D eigenvalue weighted by Gasteiger charge is -2.37. The summed E-state index contributed by atoms with van der Waals surface area (Å²) in [6.45, 7) is 3.17. The van der Waals surface area contributed by atoms with E-state index in [0.29, 0.717) is 30.9 Å². The molecule has 2 aliphatic heterocycles. The Morgan fingerprint density at radius 2 is 2.00 bits per heavy atom. The van der Waals surface area contributed by atoms with Gasteiger partial charge in [0.15, 0.2) is 0 Å². The number of aliphatic hydroxyl groups excluding tert-OH is 1. The van der Waals surface area contributed by atoms with Gasteiger partial charge in [0.2, 0.25) is 0 Å². The highest BCUT2D eigenvalue weighted by Gasteiger charge is 2.51. The maximum absolute atomic E-state index is 13.5. The molecule has 188 valence electrons. The van der Waals surface area contributed by atoms with Gasteiger partial charge in [-0.25, -0.2) is 0 Å². The molecular formula is C28H33N5O3. The molecule has 0 aromatic heterocycles. The fourth-order valence-corrected chi connectivity index (χ4v) is 5.52. The Hall–Kier alpha value is -3.49. The van der Waals surface area contributed by atoms with Gasteiger partial charge in [-0.3, -0.25) is 19.5 Å². The van der Waals surface area contributed by atoms with Crippen LogP contribution in [0.25, 0.3) is 0 Å². The zero-order valence-corrected chi connectivity index (χ0v) is 20.6. The molecule has 0 saturated heterocycles. The van der Waals surface area contributed by atoms with E-state index in [4.69, 9.17) is 5.73 Å². The van der Waals surface area contributed by atoms with Crippen molar-refractivity contribution in [3.8, 4) is 0 Å². The number of hydrogen-bond acceptors (Lipinski definition) is 6. The quantitative estimate of drug-likeness (QED) is 0.409. The molecule has 3 aliphatic rings. The molecule has 1 spiro atoms. The van der Waals surface area contributed by atoms with Crippen molar-refractivity contribution in [2.45, 2.75) is 37.3 Å². The first-order valence-corrected chi connectivity index (χ1v) is 12.5. The molecule has 8 heteroatoms. The van der Waals surface area contributed by atoms with E-state index in [1.54, 1.807) is 18.0 Å². The number of aliphatic imine (C=N–C) groups is 1. The number of hydrogen-bond donors (Lipinski definition) is 3. The van der Waals surface area contributed by atoms with Crippen molar-refractivity contribution in [1.82, 2.24) is 9.80 Å². The van der Waals surface area contributed by atoms with Gasteiger partial charge in [0.1, 0.15) is 0 Å². The normalized spacial score (nSPS) is 19.8. The molecule has 5 rings (SSSR count). The van der Waals surface area contributed by atoms with E-state index in [0.717, 1.165) is 37.9 Å². The summed E-state index contributed by atoms with van der Waals surface area (Å²) >= 11 is 0. The lowest BCUT2D eigenvalue weighted by molar-refractivity contribution is -0.112. The second kappa shape index (κ2) is 9.87. The number of nitrogens with one attached hydrogen (secondary N) is 1. The Morgan fingerprint density at radius 3 is 2.72 bits per heavy atom. The van der Waals surface area contributed by atoms with Crippen LogP contribution in [0.1, 0.15) is 39.9 Å². The van der Waals surface area contributed by atoms with E-state index in [1.807, 2.05) is 12.1 Å². The molecule has 2 amide bonds. The maximum Gasteiger partial charge on any atom is 0.258 e. The number of benzene rings is 2. The number of aliphatic hydroxyl groups is 1. The van der Waals surface area contributed by atoms with Crippen LogP contribution in [0.15, 0.2) is 59.2 Å². The van der Waals surface area contributed by atoms with Gasteiger partial charge in [-0.2, -0.15) is 0 Å². The SMILES string of the molecule is CN=CC(=CN)C(=O)Nc1ccc2c(c1)C(=O)N(CC(O)CN1CCc3ccccc3C1)CC21CC1. The van der Waals surface area contributed by atoms with Gasteiger partial charge >= 0.3 is 0 Å². The number of carbonyl (C=O) groups is 2. The number of rotatable bonds is 7. The highest BCUT2D eigenvalue weighted by Crippen LogP contribution is 2.52. The van der Waals surface area contributed by atoms with E-state index in [-0.39, 0.29) is 22.8 Å². The minimum Gasteiger partial charge on any atom is -0.404 e. The van der Waals surface area contributed by atoms with Gasteiger partial charge in [-0.05, 0) is 48.1 Å². The average Bonchev–Trinajstić information content (AvgIpc) is 3.65. The number of nitrogens with zero attached hydrogens (tertiary/aromatic N) is 3. The van der Waals surface area contributed by atoms with E-state index < -0.39 is 6.10 Å². The van der Waals surface area contributed by atoms with Crippen molar-refractivity contribution in [2.75, 3.05) is 38.5 Å². The van der Waals surface area contributed by atoms with E-state index in [9.17, 15) is 14.7 Å². The summed E-state index contributed by atoms with van der Waals surface area (Å²) < 4.78 is 0. The van der Waals surface area contributed by atoms with Gasteiger partial charge in [0.05, 0.1) is 11.7 Å². The molecule has 1 aliphatic carbocycles. The molecule has 0 bridgehead atoms. The Kier molecular flexibility index (Phi) is 6.64. The first kappa shape index (κ1) is 24.2. The molecular weight excluding hydrogens is 454 g/mol. The maximum atomic E-state index is 13.5. The fourth-order valence-electron chi connectivity index (χ4n) is 5.52. The summed E-state index contributed by atoms with van der Waals surface area (Å²) in [6.07, 6.45) is 4.96. The molecule has 1 saturated carbocycles. The largest absolute Gasteiger partial charge is 0.404 e. The van der Waals surface area contributed by atoms with E-state index >= 15 is 0 Å². The summed E-state index contributed by atoms with van der Waals surface area (Å²) in [5.74, 6) is -0.491. The summed E-state index contributed by atoms with van der Waals surface area (Å²) in [4.78, 5) is 33.9. The van der Waals surface area contributed by atoms with Crippen LogP contribution in [0, 0.1) is 0 Å². The van der Waals surface area contributed by atoms with Crippen LogP contribution >= 0.6 is 0 Å². The van der Waals surface area contributed by atoms with Gasteiger partial charge in [0, 0.05) is 68.9 Å². The van der Waals surface area contributed by atoms with Crippen molar-refractivity contribution in [1.29, 1.82) is 0 Å². The van der Waals surface area contributed by atoms with E-state index in [1.165, 1.54) is 23.5 Å². The van der Waals surface area contributed by atoms with Crippen molar-refractivity contribution in [3.63, 3.8) is 0 Å². The van der Waals surface area contributed by atoms with Crippen molar-refractivity contribution < 1.29 is 14.7 Å². The highest BCUT2D eigenvalue weighted by atomic mass is 16.3. The van der Waals surface area contributed by atoms with Crippen LogP contribution in [0.4, 0.5) is 5.69 Å². The number of β-amino-alcohol motifs (C(OH)–C–C–N with tert-alkyl or cyclic N) is 1. The van der Waals surface area contributed by atoms with E-state index in [2.05, 4.69) is 39.5 Å². The molecule has 2 aromatic rings.